The number of hydrogen-bond acceptors (Lipinski definition) is 2. The number of terminal acetylenes is 1. The van der Waals surface area contributed by atoms with E-state index in [1.165, 1.54) is 6.92 Å². The van der Waals surface area contributed by atoms with Gasteiger partial charge in [-0.05, 0) is 42.8 Å². The van der Waals surface area contributed by atoms with Crippen molar-refractivity contribution in [3.05, 3.63) is 59.7 Å². The third kappa shape index (κ3) is 4.12. The minimum Gasteiger partial charge on any atom is -0.378 e. The molecule has 2 aromatic rings. The van der Waals surface area contributed by atoms with E-state index in [9.17, 15) is 4.79 Å². The molecule has 0 radical (unpaired) electrons. The van der Waals surface area contributed by atoms with Crippen molar-refractivity contribution in [2.24, 2.45) is 0 Å². The second-order valence-electron chi connectivity index (χ2n) is 4.90. The van der Waals surface area contributed by atoms with E-state index in [1.54, 1.807) is 0 Å². The second kappa shape index (κ2) is 6.62. The van der Waals surface area contributed by atoms with Gasteiger partial charge in [-0.25, -0.2) is 0 Å². The molecule has 3 nitrogen and oxygen atoms in total. The van der Waals surface area contributed by atoms with Crippen molar-refractivity contribution in [1.82, 2.24) is 0 Å². The molecule has 2 N–H and O–H groups in total. The lowest BCUT2D eigenvalue weighted by atomic mass is 10.1. The van der Waals surface area contributed by atoms with E-state index in [1.807, 2.05) is 48.5 Å². The molecule has 0 aliphatic carbocycles. The molecule has 21 heavy (non-hydrogen) atoms. The highest BCUT2D eigenvalue weighted by atomic mass is 16.1. The standard InChI is InChI=1S/C18H18N2O/c1-4-15-7-5-9-17(11-15)19-13(2)16-8-6-10-18(12-16)20-14(3)21/h1,5-13,19H,2-3H3,(H,20,21). The van der Waals surface area contributed by atoms with Crippen molar-refractivity contribution >= 4 is 17.3 Å². The molecule has 1 atom stereocenters. The van der Waals surface area contributed by atoms with Crippen molar-refractivity contribution in [3.8, 4) is 12.3 Å². The molecular weight excluding hydrogens is 260 g/mol. The Balaban J connectivity index is 2.14. The first kappa shape index (κ1) is 14.7. The fraction of sp³-hybridized carbons (Fsp3) is 0.167. The molecule has 0 spiro atoms. The van der Waals surface area contributed by atoms with Gasteiger partial charge in [0.05, 0.1) is 0 Å². The van der Waals surface area contributed by atoms with Gasteiger partial charge in [0.1, 0.15) is 0 Å². The van der Waals surface area contributed by atoms with Crippen LogP contribution in [-0.4, -0.2) is 5.91 Å². The molecule has 0 saturated heterocycles. The molecule has 0 bridgehead atoms. The SMILES string of the molecule is C#Cc1cccc(NC(C)c2cccc(NC(C)=O)c2)c1. The van der Waals surface area contributed by atoms with Crippen molar-refractivity contribution in [2.75, 3.05) is 10.6 Å². The first-order valence-corrected chi connectivity index (χ1v) is 6.79. The molecule has 0 aromatic heterocycles. The van der Waals surface area contributed by atoms with E-state index in [0.29, 0.717) is 0 Å². The minimum absolute atomic E-state index is 0.0746. The number of rotatable bonds is 4. The quantitative estimate of drug-likeness (QED) is 0.835. The van der Waals surface area contributed by atoms with Crippen LogP contribution >= 0.6 is 0 Å². The lowest BCUT2D eigenvalue weighted by Crippen LogP contribution is -2.09. The van der Waals surface area contributed by atoms with Crippen molar-refractivity contribution in [3.63, 3.8) is 0 Å². The summed E-state index contributed by atoms with van der Waals surface area (Å²) in [6.45, 7) is 3.56. The van der Waals surface area contributed by atoms with Gasteiger partial charge < -0.3 is 10.6 Å². The lowest BCUT2D eigenvalue weighted by molar-refractivity contribution is -0.114. The maximum Gasteiger partial charge on any atom is 0.221 e. The number of amides is 1. The van der Waals surface area contributed by atoms with Gasteiger partial charge in [-0.15, -0.1) is 6.42 Å². The van der Waals surface area contributed by atoms with E-state index in [2.05, 4.69) is 23.5 Å². The Hall–Kier alpha value is -2.73. The first-order valence-electron chi connectivity index (χ1n) is 6.79. The van der Waals surface area contributed by atoms with Crippen LogP contribution in [0.5, 0.6) is 0 Å². The fourth-order valence-electron chi connectivity index (χ4n) is 2.12. The van der Waals surface area contributed by atoms with Gasteiger partial charge in [-0.3, -0.25) is 4.79 Å². The summed E-state index contributed by atoms with van der Waals surface area (Å²) in [5.41, 5.74) is 3.71. The summed E-state index contributed by atoms with van der Waals surface area (Å²) in [5, 5.41) is 6.19. The predicted molar refractivity (Wildman–Crippen MR) is 87.2 cm³/mol. The van der Waals surface area contributed by atoms with Crippen LogP contribution in [0, 0.1) is 12.3 Å². The number of carbonyl (C=O) groups is 1. The average Bonchev–Trinajstić information content (AvgIpc) is 2.47. The fourth-order valence-corrected chi connectivity index (χ4v) is 2.12. The molecule has 1 unspecified atom stereocenters. The van der Waals surface area contributed by atoms with Gasteiger partial charge in [0, 0.05) is 29.9 Å². The van der Waals surface area contributed by atoms with Gasteiger partial charge >= 0.3 is 0 Å². The number of hydrogen-bond donors (Lipinski definition) is 2. The molecule has 1 amide bonds. The summed E-state index contributed by atoms with van der Waals surface area (Å²) >= 11 is 0. The normalized spacial score (nSPS) is 11.3. The Morgan fingerprint density at radius 1 is 1.14 bits per heavy atom. The van der Waals surface area contributed by atoms with Crippen LogP contribution in [0.25, 0.3) is 0 Å². The third-order valence-corrected chi connectivity index (χ3v) is 3.12. The molecule has 0 aliphatic rings. The molecule has 3 heteroatoms. The summed E-state index contributed by atoms with van der Waals surface area (Å²) in [6, 6.07) is 15.6. The van der Waals surface area contributed by atoms with Crippen molar-refractivity contribution in [2.45, 2.75) is 19.9 Å². The van der Waals surface area contributed by atoms with Gasteiger partial charge in [-0.2, -0.15) is 0 Å². The summed E-state index contributed by atoms with van der Waals surface area (Å²) in [6.07, 6.45) is 5.41. The van der Waals surface area contributed by atoms with E-state index in [4.69, 9.17) is 6.42 Å². The number of anilines is 2. The number of carbonyl (C=O) groups excluding carboxylic acids is 1. The Bertz CT molecular complexity index is 686. The molecule has 0 aliphatic heterocycles. The van der Waals surface area contributed by atoms with Gasteiger partial charge in [0.25, 0.3) is 0 Å². The van der Waals surface area contributed by atoms with Crippen LogP contribution in [0.15, 0.2) is 48.5 Å². The highest BCUT2D eigenvalue weighted by Gasteiger charge is 2.07. The Morgan fingerprint density at radius 2 is 1.86 bits per heavy atom. The number of nitrogens with one attached hydrogen (secondary N) is 2. The minimum atomic E-state index is -0.0746. The molecular formula is C18H18N2O. The van der Waals surface area contributed by atoms with Gasteiger partial charge in [-0.1, -0.05) is 24.1 Å². The van der Waals surface area contributed by atoms with E-state index < -0.39 is 0 Å². The zero-order chi connectivity index (χ0) is 15.2. The monoisotopic (exact) mass is 278 g/mol. The molecule has 0 fully saturated rings. The topological polar surface area (TPSA) is 41.1 Å². The number of benzene rings is 2. The van der Waals surface area contributed by atoms with Crippen molar-refractivity contribution in [1.29, 1.82) is 0 Å². The second-order valence-corrected chi connectivity index (χ2v) is 4.90. The van der Waals surface area contributed by atoms with Crippen molar-refractivity contribution < 1.29 is 4.79 Å². The van der Waals surface area contributed by atoms with E-state index >= 15 is 0 Å². The van der Waals surface area contributed by atoms with Crippen LogP contribution in [0.3, 0.4) is 0 Å². The highest BCUT2D eigenvalue weighted by molar-refractivity contribution is 5.88. The van der Waals surface area contributed by atoms with Crippen LogP contribution in [0.4, 0.5) is 11.4 Å². The summed E-state index contributed by atoms with van der Waals surface area (Å²) in [7, 11) is 0. The first-order chi connectivity index (χ1) is 10.1. The van der Waals surface area contributed by atoms with E-state index in [0.717, 1.165) is 22.5 Å². The molecule has 0 saturated carbocycles. The van der Waals surface area contributed by atoms with Crippen LogP contribution in [0.2, 0.25) is 0 Å². The maximum atomic E-state index is 11.1. The summed E-state index contributed by atoms with van der Waals surface area (Å²) < 4.78 is 0. The Labute approximate surface area is 125 Å². The van der Waals surface area contributed by atoms with Crippen LogP contribution in [0.1, 0.15) is 31.0 Å². The summed E-state index contributed by atoms with van der Waals surface area (Å²) in [5.74, 6) is 2.55. The van der Waals surface area contributed by atoms with Crippen LogP contribution < -0.4 is 10.6 Å². The largest absolute Gasteiger partial charge is 0.378 e. The maximum absolute atomic E-state index is 11.1. The summed E-state index contributed by atoms with van der Waals surface area (Å²) in [4.78, 5) is 11.1. The average molecular weight is 278 g/mol. The molecule has 0 heterocycles. The highest BCUT2D eigenvalue weighted by Crippen LogP contribution is 2.22. The predicted octanol–water partition coefficient (Wildman–Crippen LogP) is 3.80. The van der Waals surface area contributed by atoms with Crippen LogP contribution in [-0.2, 0) is 4.79 Å². The smallest absolute Gasteiger partial charge is 0.221 e. The lowest BCUT2D eigenvalue weighted by Gasteiger charge is -2.17. The zero-order valence-electron chi connectivity index (χ0n) is 12.2. The molecule has 2 rings (SSSR count). The van der Waals surface area contributed by atoms with E-state index in [-0.39, 0.29) is 11.9 Å². The van der Waals surface area contributed by atoms with Gasteiger partial charge in [0.15, 0.2) is 0 Å². The molecule has 2 aromatic carbocycles. The third-order valence-electron chi connectivity index (χ3n) is 3.12. The Morgan fingerprint density at radius 3 is 2.57 bits per heavy atom. The molecule has 106 valence electrons. The zero-order valence-corrected chi connectivity index (χ0v) is 12.2. The van der Waals surface area contributed by atoms with Gasteiger partial charge in [0.2, 0.25) is 5.91 Å². The Kier molecular flexibility index (Phi) is 4.63.